The normalized spacial score (nSPS) is 11.1. The van der Waals surface area contributed by atoms with Gasteiger partial charge in [0.2, 0.25) is 0 Å². The van der Waals surface area contributed by atoms with E-state index in [2.05, 4.69) is 221 Å². The van der Waals surface area contributed by atoms with Gasteiger partial charge >= 0.3 is 0 Å². The molecule has 0 atom stereocenters. The largest absolute Gasteiger partial charge is 0.310 e. The van der Waals surface area contributed by atoms with Crippen molar-refractivity contribution in [3.8, 4) is 56.8 Å². The van der Waals surface area contributed by atoms with Crippen molar-refractivity contribution in [3.63, 3.8) is 0 Å². The Morgan fingerprint density at radius 1 is 0.338 bits per heavy atom. The number of rotatable bonds is 11. The highest BCUT2D eigenvalue weighted by Crippen LogP contribution is 2.43. The molecular weight excluding hydrogens is 865 g/mol. The molecule has 0 saturated heterocycles. The summed E-state index contributed by atoms with van der Waals surface area (Å²) in [5.74, 6) is 0.632. The Morgan fingerprint density at radius 3 is 1.20 bits per heavy atom. The number of anilines is 6. The first-order chi connectivity index (χ1) is 35.2. The van der Waals surface area contributed by atoms with Crippen molar-refractivity contribution in [2.75, 3.05) is 9.80 Å². The number of aromatic nitrogens is 3. The second-order valence-electron chi connectivity index (χ2n) is 17.4. The maximum atomic E-state index is 10.7. The van der Waals surface area contributed by atoms with E-state index in [1.54, 1.807) is 0 Å². The molecule has 0 aliphatic heterocycles. The molecule has 0 radical (unpaired) electrons. The van der Waals surface area contributed by atoms with Crippen LogP contribution in [0.5, 0.6) is 0 Å². The van der Waals surface area contributed by atoms with Crippen molar-refractivity contribution >= 4 is 55.9 Å². The summed E-state index contributed by atoms with van der Waals surface area (Å²) in [6, 6.07) is 95.0. The Bertz CT molecular complexity index is 3580. The minimum absolute atomic E-state index is 0.566. The summed E-state index contributed by atoms with van der Waals surface area (Å²) in [4.78, 5) is 14.6. The van der Waals surface area contributed by atoms with Crippen LogP contribution < -0.4 is 9.80 Å². The predicted molar refractivity (Wildman–Crippen MR) is 292 cm³/mol. The van der Waals surface area contributed by atoms with Crippen LogP contribution in [-0.4, -0.2) is 14.5 Å². The summed E-state index contributed by atoms with van der Waals surface area (Å²) >= 11 is 0. The van der Waals surface area contributed by atoms with Crippen LogP contribution in [0.3, 0.4) is 0 Å². The molecule has 0 fully saturated rings. The van der Waals surface area contributed by atoms with Crippen LogP contribution in [0.1, 0.15) is 5.56 Å². The zero-order valence-corrected chi connectivity index (χ0v) is 38.6. The van der Waals surface area contributed by atoms with Gasteiger partial charge in [-0.25, -0.2) is 9.97 Å². The van der Waals surface area contributed by atoms with Gasteiger partial charge in [-0.15, -0.1) is 0 Å². The number of hydrogen-bond acceptors (Lipinski definition) is 5. The van der Waals surface area contributed by atoms with E-state index in [4.69, 9.17) is 9.97 Å². The van der Waals surface area contributed by atoms with Crippen molar-refractivity contribution in [3.05, 3.63) is 272 Å². The zero-order valence-electron chi connectivity index (χ0n) is 38.6. The third-order valence-corrected chi connectivity index (χ3v) is 13.0. The topological polar surface area (TPSA) is 61.0 Å². The van der Waals surface area contributed by atoms with Gasteiger partial charge in [-0.05, 0) is 120 Å². The number of nitrogens with zero attached hydrogens (tertiary/aromatic N) is 6. The van der Waals surface area contributed by atoms with Gasteiger partial charge in [-0.1, -0.05) is 158 Å². The molecule has 0 N–H and O–H groups in total. The zero-order chi connectivity index (χ0) is 47.5. The molecule has 12 aromatic rings. The monoisotopic (exact) mass is 908 g/mol. The van der Waals surface area contributed by atoms with Gasteiger partial charge in [0.15, 0.2) is 5.82 Å². The van der Waals surface area contributed by atoms with Gasteiger partial charge < -0.3 is 14.4 Å². The number of hydrogen-bond donors (Lipinski definition) is 0. The molecular formula is C65H44N6. The molecule has 334 valence electrons. The van der Waals surface area contributed by atoms with E-state index >= 15 is 0 Å². The minimum atomic E-state index is 0.566. The van der Waals surface area contributed by atoms with E-state index in [0.717, 1.165) is 101 Å². The van der Waals surface area contributed by atoms with Gasteiger partial charge in [0, 0.05) is 67.3 Å². The average molecular weight is 909 g/mol. The molecule has 2 aromatic heterocycles. The minimum Gasteiger partial charge on any atom is -0.310 e. The number of fused-ring (bicyclic) bond motifs is 3. The number of nitriles is 1. The molecule has 0 unspecified atom stereocenters. The molecule has 0 aliphatic carbocycles. The second-order valence-corrected chi connectivity index (χ2v) is 17.4. The maximum Gasteiger partial charge on any atom is 0.160 e. The summed E-state index contributed by atoms with van der Waals surface area (Å²) in [5.41, 5.74) is 16.3. The molecule has 0 spiro atoms. The molecule has 0 saturated carbocycles. The lowest BCUT2D eigenvalue weighted by atomic mass is 9.96. The molecule has 71 heavy (non-hydrogen) atoms. The Morgan fingerprint density at radius 2 is 0.746 bits per heavy atom. The first kappa shape index (κ1) is 42.5. The van der Waals surface area contributed by atoms with Gasteiger partial charge in [0.05, 0.1) is 34.1 Å². The third kappa shape index (κ3) is 8.24. The van der Waals surface area contributed by atoms with E-state index in [0.29, 0.717) is 11.4 Å². The lowest BCUT2D eigenvalue weighted by Gasteiger charge is -2.26. The summed E-state index contributed by atoms with van der Waals surface area (Å²) in [6.45, 7) is 0. The maximum absolute atomic E-state index is 10.7. The Hall–Kier alpha value is -9.83. The first-order valence-electron chi connectivity index (χ1n) is 23.7. The highest BCUT2D eigenvalue weighted by atomic mass is 15.1. The number of benzene rings is 10. The molecule has 6 nitrogen and oxygen atoms in total. The van der Waals surface area contributed by atoms with E-state index in [1.807, 2.05) is 66.7 Å². The van der Waals surface area contributed by atoms with Crippen LogP contribution >= 0.6 is 0 Å². The van der Waals surface area contributed by atoms with Crippen LogP contribution in [0.2, 0.25) is 0 Å². The average Bonchev–Trinajstić information content (AvgIpc) is 3.77. The smallest absolute Gasteiger partial charge is 0.160 e. The molecule has 2 heterocycles. The molecule has 12 rings (SSSR count). The fourth-order valence-corrected chi connectivity index (χ4v) is 9.66. The van der Waals surface area contributed by atoms with Crippen LogP contribution in [0.4, 0.5) is 34.1 Å². The Balaban J connectivity index is 0.975. The van der Waals surface area contributed by atoms with Crippen molar-refractivity contribution < 1.29 is 0 Å². The van der Waals surface area contributed by atoms with Gasteiger partial charge in [-0.2, -0.15) is 5.26 Å². The van der Waals surface area contributed by atoms with Gasteiger partial charge in [0.1, 0.15) is 0 Å². The van der Waals surface area contributed by atoms with E-state index in [-0.39, 0.29) is 0 Å². The van der Waals surface area contributed by atoms with E-state index in [9.17, 15) is 5.26 Å². The fourth-order valence-electron chi connectivity index (χ4n) is 9.66. The Kier molecular flexibility index (Phi) is 11.2. The van der Waals surface area contributed by atoms with Crippen molar-refractivity contribution in [2.45, 2.75) is 0 Å². The Labute approximate surface area is 412 Å². The van der Waals surface area contributed by atoms with Gasteiger partial charge in [-0.3, -0.25) is 0 Å². The van der Waals surface area contributed by atoms with Crippen LogP contribution in [-0.2, 0) is 0 Å². The third-order valence-electron chi connectivity index (χ3n) is 13.0. The molecule has 0 aliphatic rings. The van der Waals surface area contributed by atoms with E-state index in [1.165, 1.54) is 0 Å². The summed E-state index contributed by atoms with van der Waals surface area (Å²) in [5, 5.41) is 12.9. The molecule has 0 bridgehead atoms. The molecule has 6 heteroatoms. The molecule has 10 aromatic carbocycles. The van der Waals surface area contributed by atoms with Crippen LogP contribution in [0, 0.1) is 11.3 Å². The lowest BCUT2D eigenvalue weighted by Crippen LogP contribution is -2.09. The fraction of sp³-hybridized carbons (Fsp3) is 0. The first-order valence-corrected chi connectivity index (χ1v) is 23.7. The SMILES string of the molecule is N#Cc1cc(-c2cc(-c3ccccc3)nc(-c3ccccc3)n2)ccc1-c1ccc(-n2c3ccc(N(c4ccccc4)c4ccccc4)cc3c3cc(N(c4ccccc4)c4ccccc4)ccc32)cc1. The van der Waals surface area contributed by atoms with Crippen LogP contribution in [0.15, 0.2) is 267 Å². The van der Waals surface area contributed by atoms with Crippen molar-refractivity contribution in [2.24, 2.45) is 0 Å². The lowest BCUT2D eigenvalue weighted by molar-refractivity contribution is 1.18. The predicted octanol–water partition coefficient (Wildman–Crippen LogP) is 17.1. The standard InChI is InChI=1S/C65H44N6/c66-45-50-41-49(62-44-61(47-19-7-1-8-20-47)67-65(68-62)48-21-9-2-10-22-48)33-38-58(50)46-31-34-55(35-32-46)71-63-39-36-56(69(51-23-11-3-12-24-51)52-25-13-4-14-26-52)42-59(63)60-43-57(37-40-64(60)71)70(53-27-15-5-16-28-53)54-29-17-6-18-30-54/h1-44H. The summed E-state index contributed by atoms with van der Waals surface area (Å²) < 4.78 is 2.35. The highest BCUT2D eigenvalue weighted by molar-refractivity contribution is 6.12. The van der Waals surface area contributed by atoms with Gasteiger partial charge in [0.25, 0.3) is 0 Å². The van der Waals surface area contributed by atoms with E-state index < -0.39 is 0 Å². The second kappa shape index (κ2) is 18.7. The quantitative estimate of drug-likeness (QED) is 0.129. The van der Waals surface area contributed by atoms with Crippen molar-refractivity contribution in [1.82, 2.24) is 14.5 Å². The molecule has 0 amide bonds. The summed E-state index contributed by atoms with van der Waals surface area (Å²) in [7, 11) is 0. The highest BCUT2D eigenvalue weighted by Gasteiger charge is 2.21. The number of para-hydroxylation sites is 4. The van der Waals surface area contributed by atoms with Crippen molar-refractivity contribution in [1.29, 1.82) is 5.26 Å². The summed E-state index contributed by atoms with van der Waals surface area (Å²) in [6.07, 6.45) is 0. The van der Waals surface area contributed by atoms with Crippen LogP contribution in [0.25, 0.3) is 72.5 Å².